The monoisotopic (exact) mass is 1100 g/mol. The van der Waals surface area contributed by atoms with E-state index < -0.39 is 0 Å². The summed E-state index contributed by atoms with van der Waals surface area (Å²) in [5.74, 6) is 2.00. The summed E-state index contributed by atoms with van der Waals surface area (Å²) in [6.07, 6.45) is 7.98. The SMILES string of the molecule is CC(C)(C)c1ccnc(-n2c3[c-]c(Oc4[c-]c(-n5[c-][n+](-c6cc(C(C)(C)c7ccccc7)cc(C(C)(C)c7ccccc7)c6)cc5C(C)(C)C)cc(-c5ccccc5)c4)ccc3c3ccccc32)c1.[Pt]. The van der Waals surface area contributed by atoms with E-state index >= 15 is 0 Å². The van der Waals surface area contributed by atoms with E-state index in [0.717, 1.165) is 55.8 Å². The first-order valence-corrected chi connectivity index (χ1v) is 24.0. The van der Waals surface area contributed by atoms with Crippen molar-refractivity contribution in [3.8, 4) is 39.8 Å². The molecule has 0 bridgehead atoms. The van der Waals surface area contributed by atoms with Gasteiger partial charge in [-0.2, -0.15) is 12.1 Å². The van der Waals surface area contributed by atoms with Crippen molar-refractivity contribution in [1.82, 2.24) is 14.1 Å². The van der Waals surface area contributed by atoms with Gasteiger partial charge in [-0.1, -0.05) is 190 Å². The summed E-state index contributed by atoms with van der Waals surface area (Å²) in [5.41, 5.74) is 12.3. The Bertz CT molecular complexity index is 3410. The number of para-hydroxylation sites is 1. The molecule has 6 heteroatoms. The van der Waals surface area contributed by atoms with E-state index in [2.05, 4.69) is 265 Å². The second-order valence-electron chi connectivity index (χ2n) is 21.5. The van der Waals surface area contributed by atoms with Crippen molar-refractivity contribution in [2.45, 2.75) is 90.9 Å². The normalized spacial score (nSPS) is 12.3. The topological polar surface area (TPSA) is 35.9 Å². The zero-order valence-corrected chi connectivity index (χ0v) is 44.1. The number of imidazole rings is 1. The van der Waals surface area contributed by atoms with Gasteiger partial charge in [-0.25, -0.2) is 4.98 Å². The van der Waals surface area contributed by atoms with Gasteiger partial charge in [0.25, 0.3) is 6.33 Å². The van der Waals surface area contributed by atoms with Crippen LogP contribution in [0.3, 0.4) is 0 Å². The minimum Gasteiger partial charge on any atom is -0.510 e. The van der Waals surface area contributed by atoms with Crippen LogP contribution in [0, 0.1) is 18.5 Å². The zero-order valence-electron chi connectivity index (χ0n) is 41.8. The Morgan fingerprint density at radius 2 is 1.10 bits per heavy atom. The molecule has 70 heavy (non-hydrogen) atoms. The van der Waals surface area contributed by atoms with Crippen molar-refractivity contribution in [3.63, 3.8) is 0 Å². The van der Waals surface area contributed by atoms with Crippen LogP contribution in [-0.4, -0.2) is 14.1 Å². The zero-order chi connectivity index (χ0) is 48.3. The van der Waals surface area contributed by atoms with Crippen LogP contribution >= 0.6 is 0 Å². The van der Waals surface area contributed by atoms with Gasteiger partial charge in [-0.3, -0.25) is 4.57 Å². The van der Waals surface area contributed by atoms with Gasteiger partial charge in [-0.05, 0) is 85.6 Å². The summed E-state index contributed by atoms with van der Waals surface area (Å²) < 4.78 is 13.4. The van der Waals surface area contributed by atoms with Crippen molar-refractivity contribution in [1.29, 1.82) is 0 Å². The van der Waals surface area contributed by atoms with Crippen molar-refractivity contribution in [3.05, 3.63) is 234 Å². The fourth-order valence-corrected chi connectivity index (χ4v) is 9.53. The Kier molecular flexibility index (Phi) is 12.7. The number of ether oxygens (including phenoxy) is 1. The molecule has 3 aromatic heterocycles. The molecular formula is C64H60N4OPt-2. The van der Waals surface area contributed by atoms with Crippen LogP contribution in [0.5, 0.6) is 11.5 Å². The number of aromatic nitrogens is 4. The Labute approximate surface area is 428 Å². The van der Waals surface area contributed by atoms with E-state index in [1.165, 1.54) is 27.8 Å². The molecule has 0 aliphatic carbocycles. The third kappa shape index (κ3) is 9.20. The van der Waals surface area contributed by atoms with Crippen LogP contribution in [0.25, 0.3) is 50.1 Å². The quantitative estimate of drug-likeness (QED) is 0.101. The number of nitrogens with zero attached hydrogens (tertiary/aromatic N) is 4. The summed E-state index contributed by atoms with van der Waals surface area (Å²) in [6, 6.07) is 67.8. The molecule has 3 heterocycles. The summed E-state index contributed by atoms with van der Waals surface area (Å²) in [7, 11) is 0. The molecule has 10 aromatic rings. The largest absolute Gasteiger partial charge is 0.510 e. The maximum atomic E-state index is 6.90. The van der Waals surface area contributed by atoms with Crippen LogP contribution in [0.4, 0.5) is 0 Å². The molecule has 0 aliphatic rings. The molecule has 0 atom stereocenters. The molecule has 7 aromatic carbocycles. The average Bonchev–Trinajstić information content (AvgIpc) is 3.96. The minimum atomic E-state index is -0.278. The molecular weight excluding hydrogens is 1040 g/mol. The molecule has 0 N–H and O–H groups in total. The van der Waals surface area contributed by atoms with E-state index in [-0.39, 0.29) is 42.7 Å². The minimum absolute atomic E-state index is 0. The molecule has 0 spiro atoms. The van der Waals surface area contributed by atoms with Gasteiger partial charge >= 0.3 is 0 Å². The third-order valence-corrected chi connectivity index (χ3v) is 13.9. The maximum Gasteiger partial charge on any atom is 0.267 e. The van der Waals surface area contributed by atoms with Gasteiger partial charge in [0.2, 0.25) is 0 Å². The van der Waals surface area contributed by atoms with Crippen LogP contribution in [0.2, 0.25) is 0 Å². The Morgan fingerprint density at radius 3 is 1.71 bits per heavy atom. The third-order valence-electron chi connectivity index (χ3n) is 13.9. The first-order valence-electron chi connectivity index (χ1n) is 24.0. The summed E-state index contributed by atoms with van der Waals surface area (Å²) in [5, 5.41) is 2.21. The van der Waals surface area contributed by atoms with Gasteiger partial charge in [0, 0.05) is 61.3 Å². The van der Waals surface area contributed by atoms with E-state index in [4.69, 9.17) is 9.72 Å². The van der Waals surface area contributed by atoms with E-state index in [0.29, 0.717) is 11.5 Å². The molecule has 0 amide bonds. The van der Waals surface area contributed by atoms with E-state index in [1.807, 2.05) is 18.3 Å². The number of hydrogen-bond donors (Lipinski definition) is 0. The Hall–Kier alpha value is -6.81. The molecule has 10 rings (SSSR count). The Morgan fingerprint density at radius 1 is 0.500 bits per heavy atom. The Balaban J connectivity index is 0.00000608. The van der Waals surface area contributed by atoms with Gasteiger partial charge in [-0.15, -0.1) is 35.2 Å². The average molecular weight is 1100 g/mol. The van der Waals surface area contributed by atoms with Crippen molar-refractivity contribution in [2.75, 3.05) is 0 Å². The molecule has 0 fully saturated rings. The van der Waals surface area contributed by atoms with Gasteiger partial charge in [0.05, 0.1) is 11.4 Å². The van der Waals surface area contributed by atoms with Crippen LogP contribution < -0.4 is 9.30 Å². The van der Waals surface area contributed by atoms with Crippen LogP contribution in [-0.2, 0) is 42.7 Å². The summed E-state index contributed by atoms with van der Waals surface area (Å²) >= 11 is 0. The fraction of sp³-hybridized carbons (Fsp3) is 0.219. The molecule has 354 valence electrons. The first kappa shape index (κ1) is 48.2. The predicted molar refractivity (Wildman–Crippen MR) is 282 cm³/mol. The van der Waals surface area contributed by atoms with Crippen molar-refractivity contribution >= 4 is 21.8 Å². The first-order chi connectivity index (χ1) is 32.9. The summed E-state index contributed by atoms with van der Waals surface area (Å²) in [4.78, 5) is 4.90. The van der Waals surface area contributed by atoms with Crippen molar-refractivity contribution < 1.29 is 30.4 Å². The van der Waals surface area contributed by atoms with E-state index in [9.17, 15) is 0 Å². The number of fused-ring (bicyclic) bond motifs is 3. The van der Waals surface area contributed by atoms with Gasteiger partial charge in [0.1, 0.15) is 5.82 Å². The maximum absolute atomic E-state index is 6.90. The number of benzene rings is 7. The van der Waals surface area contributed by atoms with Crippen LogP contribution in [0.1, 0.15) is 103 Å². The predicted octanol–water partition coefficient (Wildman–Crippen LogP) is 15.4. The fourth-order valence-electron chi connectivity index (χ4n) is 9.53. The molecule has 0 saturated carbocycles. The van der Waals surface area contributed by atoms with Gasteiger partial charge < -0.3 is 13.9 Å². The molecule has 0 saturated heterocycles. The second kappa shape index (κ2) is 18.5. The molecule has 0 radical (unpaired) electrons. The molecule has 0 unspecified atom stereocenters. The molecule has 0 aliphatic heterocycles. The number of pyridine rings is 1. The standard InChI is InChI=1S/C64H60N4O.Pt/c1-61(2,3)48-32-33-65-60(39-48)68-57-29-21-20-28-55(57)56-31-30-53(41-58(56)68)69-54-35-45(44-22-14-11-15-23-44)34-52(40-54)67-43-66(42-59(67)62(4,5)6)51-37-49(63(7,8)46-24-16-12-17-25-46)36-50(38-51)64(9,10)47-26-18-13-19-27-47;/h11-39,42H,1-10H3;/q-2;. The smallest absolute Gasteiger partial charge is 0.267 e. The van der Waals surface area contributed by atoms with Crippen molar-refractivity contribution in [2.24, 2.45) is 0 Å². The number of hydrogen-bond acceptors (Lipinski definition) is 2. The second-order valence-corrected chi connectivity index (χ2v) is 21.5. The summed E-state index contributed by atoms with van der Waals surface area (Å²) in [6.45, 7) is 22.7. The van der Waals surface area contributed by atoms with Crippen LogP contribution in [0.15, 0.2) is 182 Å². The molecule has 5 nitrogen and oxygen atoms in total. The number of rotatable bonds is 10. The van der Waals surface area contributed by atoms with Gasteiger partial charge in [0.15, 0.2) is 0 Å². The van der Waals surface area contributed by atoms with E-state index in [1.54, 1.807) is 0 Å².